The topological polar surface area (TPSA) is 24.9 Å². The molecule has 0 aliphatic heterocycles. The number of pyridine rings is 1. The van der Waals surface area contributed by atoms with Crippen LogP contribution in [-0.2, 0) is 0 Å². The van der Waals surface area contributed by atoms with Crippen LogP contribution >= 0.6 is 27.7 Å². The fraction of sp³-hybridized carbons (Fsp3) is 0.444. The molecule has 0 spiro atoms. The monoisotopic (exact) mass is 260 g/mol. The van der Waals surface area contributed by atoms with Gasteiger partial charge in [-0.3, -0.25) is 0 Å². The van der Waals surface area contributed by atoms with Crippen molar-refractivity contribution in [3.8, 4) is 0 Å². The number of anilines is 1. The lowest BCUT2D eigenvalue weighted by Crippen LogP contribution is -2.03. The van der Waals surface area contributed by atoms with Crippen LogP contribution in [0.5, 0.6) is 0 Å². The van der Waals surface area contributed by atoms with Crippen LogP contribution in [-0.4, -0.2) is 23.5 Å². The van der Waals surface area contributed by atoms with Crippen LogP contribution in [0, 0.1) is 0 Å². The number of rotatable bonds is 5. The molecular weight excluding hydrogens is 248 g/mol. The van der Waals surface area contributed by atoms with E-state index in [2.05, 4.69) is 32.5 Å². The third-order valence-electron chi connectivity index (χ3n) is 1.60. The molecule has 1 rings (SSSR count). The zero-order chi connectivity index (χ0) is 9.52. The molecule has 0 aliphatic carbocycles. The van der Waals surface area contributed by atoms with Gasteiger partial charge in [0, 0.05) is 12.7 Å². The maximum atomic E-state index is 4.13. The van der Waals surface area contributed by atoms with Gasteiger partial charge in [0.15, 0.2) is 0 Å². The van der Waals surface area contributed by atoms with E-state index in [1.807, 2.05) is 23.9 Å². The highest BCUT2D eigenvalue weighted by atomic mass is 79.9. The van der Waals surface area contributed by atoms with Crippen LogP contribution in [0.2, 0.25) is 0 Å². The van der Waals surface area contributed by atoms with Crippen molar-refractivity contribution < 1.29 is 0 Å². The van der Waals surface area contributed by atoms with Crippen LogP contribution in [0.25, 0.3) is 0 Å². The molecule has 0 amide bonds. The van der Waals surface area contributed by atoms with E-state index in [0.717, 1.165) is 16.8 Å². The summed E-state index contributed by atoms with van der Waals surface area (Å²) in [6.45, 7) is 1.01. The zero-order valence-corrected chi connectivity index (χ0v) is 9.99. The molecule has 1 N–H and O–H groups in total. The van der Waals surface area contributed by atoms with Gasteiger partial charge in [-0.05, 0) is 46.5 Å². The molecule has 1 aromatic rings. The molecule has 0 aromatic carbocycles. The first-order chi connectivity index (χ1) is 6.34. The zero-order valence-electron chi connectivity index (χ0n) is 7.59. The Morgan fingerprint density at radius 3 is 3.15 bits per heavy atom. The Balaban J connectivity index is 2.32. The van der Waals surface area contributed by atoms with Crippen molar-refractivity contribution in [3.05, 3.63) is 22.9 Å². The lowest BCUT2D eigenvalue weighted by molar-refractivity contribution is 0.988. The number of halogens is 1. The van der Waals surface area contributed by atoms with Crippen molar-refractivity contribution in [2.75, 3.05) is 23.9 Å². The summed E-state index contributed by atoms with van der Waals surface area (Å²) in [5.74, 6) is 1.20. The number of hydrogen-bond acceptors (Lipinski definition) is 3. The Labute approximate surface area is 91.7 Å². The standard InChI is InChI=1S/C9H13BrN2S/c1-13-7-3-6-11-8-4-2-5-12-9(8)10/h2,4-5,11H,3,6-7H2,1H3. The highest BCUT2D eigenvalue weighted by molar-refractivity contribution is 9.10. The van der Waals surface area contributed by atoms with E-state index in [1.165, 1.54) is 12.2 Å². The van der Waals surface area contributed by atoms with Gasteiger partial charge in [-0.15, -0.1) is 0 Å². The molecule has 0 radical (unpaired) electrons. The average molecular weight is 261 g/mol. The maximum Gasteiger partial charge on any atom is 0.129 e. The quantitative estimate of drug-likeness (QED) is 0.651. The molecule has 0 atom stereocenters. The molecule has 1 heterocycles. The average Bonchev–Trinajstić information content (AvgIpc) is 2.15. The Morgan fingerprint density at radius 1 is 1.62 bits per heavy atom. The first-order valence-electron chi connectivity index (χ1n) is 4.18. The minimum absolute atomic E-state index is 0.888. The summed E-state index contributed by atoms with van der Waals surface area (Å²) in [6, 6.07) is 3.96. The van der Waals surface area contributed by atoms with E-state index in [9.17, 15) is 0 Å². The van der Waals surface area contributed by atoms with Gasteiger partial charge in [-0.1, -0.05) is 0 Å². The van der Waals surface area contributed by atoms with Gasteiger partial charge in [0.25, 0.3) is 0 Å². The van der Waals surface area contributed by atoms with E-state index in [-0.39, 0.29) is 0 Å². The molecule has 0 saturated carbocycles. The summed E-state index contributed by atoms with van der Waals surface area (Å²) in [7, 11) is 0. The molecular formula is C9H13BrN2S. The Bertz CT molecular complexity index is 255. The first kappa shape index (κ1) is 10.9. The number of aromatic nitrogens is 1. The third-order valence-corrected chi connectivity index (χ3v) is 2.93. The van der Waals surface area contributed by atoms with Gasteiger partial charge in [-0.2, -0.15) is 11.8 Å². The van der Waals surface area contributed by atoms with E-state index in [4.69, 9.17) is 0 Å². The second kappa shape index (κ2) is 6.27. The second-order valence-corrected chi connectivity index (χ2v) is 4.35. The summed E-state index contributed by atoms with van der Waals surface area (Å²) < 4.78 is 0.888. The van der Waals surface area contributed by atoms with Crippen LogP contribution < -0.4 is 5.32 Å². The predicted octanol–water partition coefficient (Wildman–Crippen LogP) is 3.01. The molecule has 0 aliphatic rings. The van der Waals surface area contributed by atoms with Crippen molar-refractivity contribution in [2.45, 2.75) is 6.42 Å². The lowest BCUT2D eigenvalue weighted by atomic mass is 10.4. The molecule has 72 valence electrons. The smallest absolute Gasteiger partial charge is 0.129 e. The van der Waals surface area contributed by atoms with Crippen molar-refractivity contribution in [1.29, 1.82) is 0 Å². The number of nitrogens with zero attached hydrogens (tertiary/aromatic N) is 1. The fourth-order valence-corrected chi connectivity index (χ4v) is 1.78. The van der Waals surface area contributed by atoms with Gasteiger partial charge in [-0.25, -0.2) is 4.98 Å². The van der Waals surface area contributed by atoms with E-state index < -0.39 is 0 Å². The molecule has 0 unspecified atom stereocenters. The van der Waals surface area contributed by atoms with Gasteiger partial charge >= 0.3 is 0 Å². The Hall–Kier alpha value is -0.220. The second-order valence-electron chi connectivity index (χ2n) is 2.61. The normalized spacial score (nSPS) is 10.0. The summed E-state index contributed by atoms with van der Waals surface area (Å²) in [4.78, 5) is 4.13. The molecule has 0 fully saturated rings. The SMILES string of the molecule is CSCCCNc1cccnc1Br. The van der Waals surface area contributed by atoms with Gasteiger partial charge in [0.2, 0.25) is 0 Å². The van der Waals surface area contributed by atoms with Gasteiger partial charge in [0.1, 0.15) is 4.60 Å². The van der Waals surface area contributed by atoms with E-state index in [1.54, 1.807) is 6.20 Å². The minimum Gasteiger partial charge on any atom is -0.383 e. The Morgan fingerprint density at radius 2 is 2.46 bits per heavy atom. The summed E-state index contributed by atoms with van der Waals surface area (Å²) in [5.41, 5.74) is 1.07. The highest BCUT2D eigenvalue weighted by Gasteiger charge is 1.96. The maximum absolute atomic E-state index is 4.13. The molecule has 2 nitrogen and oxygen atoms in total. The van der Waals surface area contributed by atoms with Crippen molar-refractivity contribution in [1.82, 2.24) is 4.98 Å². The van der Waals surface area contributed by atoms with Crippen LogP contribution in [0.4, 0.5) is 5.69 Å². The third kappa shape index (κ3) is 4.00. The predicted molar refractivity (Wildman–Crippen MR) is 63.4 cm³/mol. The highest BCUT2D eigenvalue weighted by Crippen LogP contribution is 2.17. The minimum atomic E-state index is 0.888. The largest absolute Gasteiger partial charge is 0.383 e. The summed E-state index contributed by atoms with van der Waals surface area (Å²) >= 11 is 5.26. The van der Waals surface area contributed by atoms with Crippen LogP contribution in [0.3, 0.4) is 0 Å². The lowest BCUT2D eigenvalue weighted by Gasteiger charge is -2.06. The van der Waals surface area contributed by atoms with Crippen molar-refractivity contribution in [2.24, 2.45) is 0 Å². The molecule has 0 saturated heterocycles. The number of thioether (sulfide) groups is 1. The first-order valence-corrected chi connectivity index (χ1v) is 6.36. The van der Waals surface area contributed by atoms with Gasteiger partial charge in [0.05, 0.1) is 5.69 Å². The Kier molecular flexibility index (Phi) is 5.23. The molecule has 4 heteroatoms. The fourth-order valence-electron chi connectivity index (χ4n) is 0.957. The van der Waals surface area contributed by atoms with E-state index in [0.29, 0.717) is 0 Å². The molecule has 0 bridgehead atoms. The number of hydrogen-bond donors (Lipinski definition) is 1. The number of nitrogens with one attached hydrogen (secondary N) is 1. The van der Waals surface area contributed by atoms with E-state index >= 15 is 0 Å². The molecule has 1 aromatic heterocycles. The summed E-state index contributed by atoms with van der Waals surface area (Å²) in [5, 5.41) is 3.33. The summed E-state index contributed by atoms with van der Waals surface area (Å²) in [6.07, 6.45) is 5.08. The van der Waals surface area contributed by atoms with Gasteiger partial charge < -0.3 is 5.32 Å². The molecule has 13 heavy (non-hydrogen) atoms. The van der Waals surface area contributed by atoms with Crippen LogP contribution in [0.1, 0.15) is 6.42 Å². The van der Waals surface area contributed by atoms with Crippen molar-refractivity contribution >= 4 is 33.4 Å². The van der Waals surface area contributed by atoms with Crippen molar-refractivity contribution in [3.63, 3.8) is 0 Å². The van der Waals surface area contributed by atoms with Crippen LogP contribution in [0.15, 0.2) is 22.9 Å².